The highest BCUT2D eigenvalue weighted by molar-refractivity contribution is 7.99. The van der Waals surface area contributed by atoms with Crippen molar-refractivity contribution in [2.45, 2.75) is 18.0 Å². The first-order valence-corrected chi connectivity index (χ1v) is 8.54. The molecule has 0 aliphatic carbocycles. The predicted octanol–water partition coefficient (Wildman–Crippen LogP) is 4.47. The normalized spacial score (nSPS) is 10.5. The highest BCUT2D eigenvalue weighted by Gasteiger charge is 2.15. The molecule has 0 saturated heterocycles. The predicted molar refractivity (Wildman–Crippen MR) is 92.3 cm³/mol. The van der Waals surface area contributed by atoms with Crippen molar-refractivity contribution < 1.29 is 4.39 Å². The second-order valence-electron chi connectivity index (χ2n) is 5.09. The van der Waals surface area contributed by atoms with E-state index < -0.39 is 0 Å². The Morgan fingerprint density at radius 3 is 2.50 bits per heavy atom. The van der Waals surface area contributed by atoms with Crippen molar-refractivity contribution in [3.8, 4) is 23.1 Å². The summed E-state index contributed by atoms with van der Waals surface area (Å²) in [6.07, 6.45) is 1.33. The van der Waals surface area contributed by atoms with Crippen molar-refractivity contribution in [1.29, 1.82) is 5.26 Å². The molecule has 0 bridgehead atoms. The van der Waals surface area contributed by atoms with Gasteiger partial charge in [-0.25, -0.2) is 4.39 Å². The van der Waals surface area contributed by atoms with Gasteiger partial charge in [-0.05, 0) is 42.8 Å². The number of benzene rings is 2. The van der Waals surface area contributed by atoms with Crippen LogP contribution in [0.1, 0.15) is 12.8 Å². The van der Waals surface area contributed by atoms with Gasteiger partial charge in [0.15, 0.2) is 11.0 Å². The molecule has 4 nitrogen and oxygen atoms in total. The number of para-hydroxylation sites is 1. The molecule has 0 atom stereocenters. The molecule has 0 radical (unpaired) electrons. The van der Waals surface area contributed by atoms with Crippen molar-refractivity contribution in [1.82, 2.24) is 14.8 Å². The second kappa shape index (κ2) is 7.75. The molecule has 0 fully saturated rings. The fourth-order valence-electron chi connectivity index (χ4n) is 2.27. The zero-order valence-corrected chi connectivity index (χ0v) is 13.7. The molecule has 3 rings (SSSR count). The lowest BCUT2D eigenvalue weighted by Crippen LogP contribution is -1.99. The van der Waals surface area contributed by atoms with Gasteiger partial charge in [-0.2, -0.15) is 5.26 Å². The van der Waals surface area contributed by atoms with Gasteiger partial charge in [-0.3, -0.25) is 4.57 Å². The Hall–Kier alpha value is -2.65. The van der Waals surface area contributed by atoms with Crippen LogP contribution < -0.4 is 0 Å². The first kappa shape index (κ1) is 16.2. The average molecular weight is 338 g/mol. The van der Waals surface area contributed by atoms with Crippen LogP contribution in [0, 0.1) is 17.1 Å². The number of rotatable bonds is 6. The van der Waals surface area contributed by atoms with Gasteiger partial charge in [0, 0.05) is 23.4 Å². The molecular formula is C18H15FN4S. The number of unbranched alkanes of at least 4 members (excludes halogenated alkanes) is 1. The fourth-order valence-corrected chi connectivity index (χ4v) is 3.16. The summed E-state index contributed by atoms with van der Waals surface area (Å²) in [7, 11) is 0. The van der Waals surface area contributed by atoms with E-state index in [9.17, 15) is 4.39 Å². The van der Waals surface area contributed by atoms with Crippen molar-refractivity contribution in [3.05, 3.63) is 60.4 Å². The van der Waals surface area contributed by atoms with E-state index in [1.807, 2.05) is 34.9 Å². The minimum absolute atomic E-state index is 0.282. The van der Waals surface area contributed by atoms with E-state index in [1.165, 1.54) is 12.1 Å². The Balaban J connectivity index is 1.98. The number of halogens is 1. The standard InChI is InChI=1S/C18H15FN4S/c19-15-10-8-14(9-11-15)17-21-22-18(24-13-5-4-12-20)23(17)16-6-2-1-3-7-16/h1-3,6-11H,4-5,13H2. The van der Waals surface area contributed by atoms with Crippen LogP contribution in [-0.4, -0.2) is 20.5 Å². The van der Waals surface area contributed by atoms with Crippen LogP contribution in [0.25, 0.3) is 17.1 Å². The lowest BCUT2D eigenvalue weighted by Gasteiger charge is -2.10. The van der Waals surface area contributed by atoms with E-state index in [4.69, 9.17) is 5.26 Å². The van der Waals surface area contributed by atoms with E-state index in [0.29, 0.717) is 12.2 Å². The van der Waals surface area contributed by atoms with Crippen LogP contribution in [0.5, 0.6) is 0 Å². The van der Waals surface area contributed by atoms with E-state index in [1.54, 1.807) is 23.9 Å². The summed E-state index contributed by atoms with van der Waals surface area (Å²) in [5, 5.41) is 18.0. The van der Waals surface area contributed by atoms with Gasteiger partial charge in [0.05, 0.1) is 6.07 Å². The third-order valence-corrected chi connectivity index (χ3v) is 4.43. The summed E-state index contributed by atoms with van der Waals surface area (Å²) < 4.78 is 15.2. The quantitative estimate of drug-likeness (QED) is 0.491. The molecule has 0 amide bonds. The number of aromatic nitrogens is 3. The summed E-state index contributed by atoms with van der Waals surface area (Å²) in [6, 6.07) is 18.2. The van der Waals surface area contributed by atoms with E-state index in [0.717, 1.165) is 28.6 Å². The molecule has 1 aromatic heterocycles. The summed E-state index contributed by atoms with van der Waals surface area (Å²) in [5.74, 6) is 1.18. The molecule has 0 aliphatic rings. The topological polar surface area (TPSA) is 54.5 Å². The van der Waals surface area contributed by atoms with Crippen LogP contribution in [0.3, 0.4) is 0 Å². The monoisotopic (exact) mass is 338 g/mol. The van der Waals surface area contributed by atoms with Crippen molar-refractivity contribution >= 4 is 11.8 Å². The van der Waals surface area contributed by atoms with Gasteiger partial charge in [0.2, 0.25) is 0 Å². The highest BCUT2D eigenvalue weighted by Crippen LogP contribution is 2.28. The molecule has 0 N–H and O–H groups in total. The van der Waals surface area contributed by atoms with Gasteiger partial charge in [-0.15, -0.1) is 10.2 Å². The van der Waals surface area contributed by atoms with Gasteiger partial charge >= 0.3 is 0 Å². The van der Waals surface area contributed by atoms with Gasteiger partial charge < -0.3 is 0 Å². The van der Waals surface area contributed by atoms with E-state index >= 15 is 0 Å². The molecule has 24 heavy (non-hydrogen) atoms. The molecule has 120 valence electrons. The molecule has 0 spiro atoms. The number of thioether (sulfide) groups is 1. The molecule has 1 heterocycles. The van der Waals surface area contributed by atoms with E-state index in [-0.39, 0.29) is 5.82 Å². The third-order valence-electron chi connectivity index (χ3n) is 3.41. The lowest BCUT2D eigenvalue weighted by molar-refractivity contribution is 0.628. The number of hydrogen-bond donors (Lipinski definition) is 0. The van der Waals surface area contributed by atoms with Crippen LogP contribution in [0.4, 0.5) is 4.39 Å². The highest BCUT2D eigenvalue weighted by atomic mass is 32.2. The Bertz CT molecular complexity index is 838. The van der Waals surface area contributed by atoms with Crippen molar-refractivity contribution in [3.63, 3.8) is 0 Å². The lowest BCUT2D eigenvalue weighted by atomic mass is 10.2. The Kier molecular flexibility index (Phi) is 5.24. The van der Waals surface area contributed by atoms with Crippen LogP contribution >= 0.6 is 11.8 Å². The summed E-state index contributed by atoms with van der Waals surface area (Å²) in [5.41, 5.74) is 1.75. The second-order valence-corrected chi connectivity index (χ2v) is 6.16. The minimum Gasteiger partial charge on any atom is -0.270 e. The molecule has 3 aromatic rings. The Morgan fingerprint density at radius 2 is 1.79 bits per heavy atom. The van der Waals surface area contributed by atoms with Crippen LogP contribution in [0.15, 0.2) is 59.8 Å². The molecule has 0 unspecified atom stereocenters. The van der Waals surface area contributed by atoms with Gasteiger partial charge in [0.1, 0.15) is 5.82 Å². The largest absolute Gasteiger partial charge is 0.270 e. The minimum atomic E-state index is -0.282. The molecule has 6 heteroatoms. The zero-order chi connectivity index (χ0) is 16.8. The molecule has 2 aromatic carbocycles. The zero-order valence-electron chi connectivity index (χ0n) is 12.9. The number of nitrogens with zero attached hydrogens (tertiary/aromatic N) is 4. The molecule has 0 saturated carbocycles. The van der Waals surface area contributed by atoms with Crippen LogP contribution in [0.2, 0.25) is 0 Å². The number of nitriles is 1. The molecular weight excluding hydrogens is 323 g/mol. The van der Waals surface area contributed by atoms with Gasteiger partial charge in [0.25, 0.3) is 0 Å². The van der Waals surface area contributed by atoms with Gasteiger partial charge in [-0.1, -0.05) is 30.0 Å². The fraction of sp³-hybridized carbons (Fsp3) is 0.167. The Morgan fingerprint density at radius 1 is 1.04 bits per heavy atom. The first-order chi connectivity index (χ1) is 11.8. The average Bonchev–Trinajstić information content (AvgIpc) is 3.04. The van der Waals surface area contributed by atoms with E-state index in [2.05, 4.69) is 16.3 Å². The first-order valence-electron chi connectivity index (χ1n) is 7.56. The van der Waals surface area contributed by atoms with Crippen molar-refractivity contribution in [2.24, 2.45) is 0 Å². The molecule has 0 aliphatic heterocycles. The van der Waals surface area contributed by atoms with Crippen molar-refractivity contribution in [2.75, 3.05) is 5.75 Å². The van der Waals surface area contributed by atoms with Crippen LogP contribution in [-0.2, 0) is 0 Å². The summed E-state index contributed by atoms with van der Waals surface area (Å²) >= 11 is 1.56. The maximum absolute atomic E-state index is 13.2. The number of hydrogen-bond acceptors (Lipinski definition) is 4. The smallest absolute Gasteiger partial charge is 0.196 e. The maximum atomic E-state index is 13.2. The third kappa shape index (κ3) is 3.63. The summed E-state index contributed by atoms with van der Waals surface area (Å²) in [6.45, 7) is 0. The SMILES string of the molecule is N#CCCCSc1nnc(-c2ccc(F)cc2)n1-c1ccccc1. The maximum Gasteiger partial charge on any atom is 0.196 e. The summed E-state index contributed by atoms with van der Waals surface area (Å²) in [4.78, 5) is 0. The Labute approximate surface area is 144 Å².